The van der Waals surface area contributed by atoms with Crippen molar-refractivity contribution in [2.75, 3.05) is 6.54 Å². The van der Waals surface area contributed by atoms with Crippen molar-refractivity contribution < 1.29 is 9.90 Å². The van der Waals surface area contributed by atoms with Gasteiger partial charge >= 0.3 is 5.97 Å². The van der Waals surface area contributed by atoms with Crippen LogP contribution in [0.25, 0.3) is 32.0 Å². The fourth-order valence-electron chi connectivity index (χ4n) is 3.53. The first kappa shape index (κ1) is 18.7. The molecule has 1 aromatic heterocycles. The molecule has 0 atom stereocenters. The van der Waals surface area contributed by atoms with Crippen molar-refractivity contribution in [2.45, 2.75) is 25.8 Å². The standard InChI is InChI=1S/C24H23NO2S/c26-23(27)10-3-4-13-25-16-21-15-20-8-5-9-22(24(20)28-21)19-12-11-17-6-1-2-7-18(17)14-19/h1-2,5-9,11-12,14-15,25H,3-4,10,13,16H2,(H,26,27). The number of carboxylic acids is 1. The van der Waals surface area contributed by atoms with Crippen molar-refractivity contribution >= 4 is 38.2 Å². The third-order valence-corrected chi connectivity index (χ3v) is 6.13. The van der Waals surface area contributed by atoms with E-state index in [4.69, 9.17) is 5.11 Å². The van der Waals surface area contributed by atoms with Gasteiger partial charge in [0.25, 0.3) is 0 Å². The number of carbonyl (C=O) groups is 1. The molecule has 142 valence electrons. The SMILES string of the molecule is O=C(O)CCCCNCc1cc2cccc(-c3ccc4ccccc4c3)c2s1. The summed E-state index contributed by atoms with van der Waals surface area (Å²) in [5.41, 5.74) is 2.53. The molecule has 0 spiro atoms. The molecule has 0 aliphatic rings. The fourth-order valence-corrected chi connectivity index (χ4v) is 4.69. The van der Waals surface area contributed by atoms with Gasteiger partial charge in [0.2, 0.25) is 0 Å². The van der Waals surface area contributed by atoms with Crippen LogP contribution in [0.2, 0.25) is 0 Å². The van der Waals surface area contributed by atoms with Crippen LogP contribution in [0.1, 0.15) is 24.1 Å². The Morgan fingerprint density at radius 3 is 2.57 bits per heavy atom. The van der Waals surface area contributed by atoms with Gasteiger partial charge in [-0.2, -0.15) is 0 Å². The molecule has 0 radical (unpaired) electrons. The van der Waals surface area contributed by atoms with Gasteiger partial charge in [-0.1, -0.05) is 54.6 Å². The summed E-state index contributed by atoms with van der Waals surface area (Å²) in [6.07, 6.45) is 1.86. The van der Waals surface area contributed by atoms with Crippen LogP contribution >= 0.6 is 11.3 Å². The number of hydrogen-bond donors (Lipinski definition) is 2. The highest BCUT2D eigenvalue weighted by atomic mass is 32.1. The summed E-state index contributed by atoms with van der Waals surface area (Å²) in [4.78, 5) is 11.9. The minimum Gasteiger partial charge on any atom is -0.481 e. The van der Waals surface area contributed by atoms with E-state index in [9.17, 15) is 4.79 Å². The zero-order chi connectivity index (χ0) is 19.3. The summed E-state index contributed by atoms with van der Waals surface area (Å²) in [5.74, 6) is -0.717. The van der Waals surface area contributed by atoms with Gasteiger partial charge in [0.15, 0.2) is 0 Å². The quantitative estimate of drug-likeness (QED) is 0.360. The molecular formula is C24H23NO2S. The van der Waals surface area contributed by atoms with Crippen LogP contribution in [0.15, 0.2) is 66.7 Å². The largest absolute Gasteiger partial charge is 0.481 e. The van der Waals surface area contributed by atoms with Gasteiger partial charge in [-0.3, -0.25) is 4.79 Å². The van der Waals surface area contributed by atoms with Crippen LogP contribution in [-0.2, 0) is 11.3 Å². The van der Waals surface area contributed by atoms with Crippen molar-refractivity contribution in [1.29, 1.82) is 0 Å². The van der Waals surface area contributed by atoms with Gasteiger partial charge in [0.05, 0.1) is 0 Å². The number of fused-ring (bicyclic) bond motifs is 2. The van der Waals surface area contributed by atoms with Crippen LogP contribution < -0.4 is 5.32 Å². The molecule has 3 aromatic carbocycles. The molecule has 4 aromatic rings. The normalized spacial score (nSPS) is 11.3. The highest BCUT2D eigenvalue weighted by Crippen LogP contribution is 2.36. The summed E-state index contributed by atoms with van der Waals surface area (Å²) in [6.45, 7) is 1.67. The molecule has 0 amide bonds. The Morgan fingerprint density at radius 2 is 1.71 bits per heavy atom. The van der Waals surface area contributed by atoms with E-state index in [0.717, 1.165) is 25.9 Å². The predicted octanol–water partition coefficient (Wildman–Crippen LogP) is 6.07. The molecule has 4 rings (SSSR count). The summed E-state index contributed by atoms with van der Waals surface area (Å²) in [7, 11) is 0. The lowest BCUT2D eigenvalue weighted by molar-refractivity contribution is -0.137. The zero-order valence-corrected chi connectivity index (χ0v) is 16.5. The van der Waals surface area contributed by atoms with Crippen LogP contribution in [0.4, 0.5) is 0 Å². The first-order valence-electron chi connectivity index (χ1n) is 9.64. The molecule has 4 heteroatoms. The molecule has 0 saturated carbocycles. The average Bonchev–Trinajstić information content (AvgIpc) is 3.13. The van der Waals surface area contributed by atoms with Crippen LogP contribution in [-0.4, -0.2) is 17.6 Å². The van der Waals surface area contributed by atoms with E-state index in [1.807, 2.05) is 11.3 Å². The summed E-state index contributed by atoms with van der Waals surface area (Å²) in [5, 5.41) is 15.9. The number of benzene rings is 3. The number of carboxylic acid groups (broad SMARTS) is 1. The predicted molar refractivity (Wildman–Crippen MR) is 118 cm³/mol. The van der Waals surface area contributed by atoms with Gasteiger partial charge in [0, 0.05) is 22.5 Å². The molecule has 0 bridgehead atoms. The number of unbranched alkanes of at least 4 members (excludes halogenated alkanes) is 1. The van der Waals surface area contributed by atoms with E-state index in [1.165, 1.54) is 36.9 Å². The molecule has 0 unspecified atom stereocenters. The van der Waals surface area contributed by atoms with Gasteiger partial charge < -0.3 is 10.4 Å². The van der Waals surface area contributed by atoms with E-state index in [0.29, 0.717) is 0 Å². The summed E-state index contributed by atoms with van der Waals surface area (Å²) >= 11 is 1.84. The number of thiophene rings is 1. The number of hydrogen-bond acceptors (Lipinski definition) is 3. The maximum atomic E-state index is 10.6. The second kappa shape index (κ2) is 8.55. The van der Waals surface area contributed by atoms with Crippen LogP contribution in [0.3, 0.4) is 0 Å². The topological polar surface area (TPSA) is 49.3 Å². The smallest absolute Gasteiger partial charge is 0.303 e. The third kappa shape index (κ3) is 4.24. The maximum absolute atomic E-state index is 10.6. The van der Waals surface area contributed by atoms with E-state index in [2.05, 4.69) is 72.0 Å². The Balaban J connectivity index is 1.51. The van der Waals surface area contributed by atoms with E-state index >= 15 is 0 Å². The van der Waals surface area contributed by atoms with Crippen molar-refractivity contribution in [3.63, 3.8) is 0 Å². The third-order valence-electron chi connectivity index (χ3n) is 4.95. The molecule has 28 heavy (non-hydrogen) atoms. The molecule has 1 heterocycles. The van der Waals surface area contributed by atoms with E-state index < -0.39 is 5.97 Å². The Kier molecular flexibility index (Phi) is 5.70. The van der Waals surface area contributed by atoms with Crippen LogP contribution in [0.5, 0.6) is 0 Å². The highest BCUT2D eigenvalue weighted by Gasteiger charge is 2.09. The first-order chi connectivity index (χ1) is 13.7. The number of rotatable bonds is 8. The second-order valence-corrected chi connectivity index (χ2v) is 8.16. The van der Waals surface area contributed by atoms with Crippen molar-refractivity contribution in [1.82, 2.24) is 5.32 Å². The molecular weight excluding hydrogens is 366 g/mol. The lowest BCUT2D eigenvalue weighted by atomic mass is 10.0. The Bertz CT molecular complexity index is 1120. The molecule has 0 aliphatic carbocycles. The maximum Gasteiger partial charge on any atom is 0.303 e. The Morgan fingerprint density at radius 1 is 0.893 bits per heavy atom. The van der Waals surface area contributed by atoms with Crippen LogP contribution in [0, 0.1) is 0 Å². The molecule has 0 fully saturated rings. The molecule has 2 N–H and O–H groups in total. The summed E-state index contributed by atoms with van der Waals surface area (Å²) in [6, 6.07) is 23.9. The van der Waals surface area contributed by atoms with Gasteiger partial charge in [-0.05, 0) is 58.8 Å². The fraction of sp³-hybridized carbons (Fsp3) is 0.208. The number of aliphatic carboxylic acids is 1. The molecule has 0 saturated heterocycles. The van der Waals surface area contributed by atoms with Crippen molar-refractivity contribution in [3.8, 4) is 11.1 Å². The lowest BCUT2D eigenvalue weighted by Crippen LogP contribution is -2.14. The van der Waals surface area contributed by atoms with E-state index in [-0.39, 0.29) is 6.42 Å². The minimum atomic E-state index is -0.717. The van der Waals surface area contributed by atoms with Gasteiger partial charge in [0.1, 0.15) is 0 Å². The minimum absolute atomic E-state index is 0.250. The second-order valence-electron chi connectivity index (χ2n) is 7.03. The monoisotopic (exact) mass is 389 g/mol. The van der Waals surface area contributed by atoms with Crippen molar-refractivity contribution in [2.24, 2.45) is 0 Å². The van der Waals surface area contributed by atoms with Gasteiger partial charge in [-0.15, -0.1) is 11.3 Å². The van der Waals surface area contributed by atoms with Crippen molar-refractivity contribution in [3.05, 3.63) is 71.6 Å². The number of nitrogens with one attached hydrogen (secondary N) is 1. The van der Waals surface area contributed by atoms with E-state index in [1.54, 1.807) is 0 Å². The first-order valence-corrected chi connectivity index (χ1v) is 10.5. The summed E-state index contributed by atoms with van der Waals surface area (Å²) < 4.78 is 1.32. The highest BCUT2D eigenvalue weighted by molar-refractivity contribution is 7.19. The Labute approximate surface area is 168 Å². The zero-order valence-electron chi connectivity index (χ0n) is 15.7. The lowest BCUT2D eigenvalue weighted by Gasteiger charge is -2.05. The van der Waals surface area contributed by atoms with Gasteiger partial charge in [-0.25, -0.2) is 0 Å². The Hall–Kier alpha value is -2.69. The molecule has 3 nitrogen and oxygen atoms in total. The molecule has 0 aliphatic heterocycles. The average molecular weight is 390 g/mol.